The molecular formula is HgIrO3. The van der Waals surface area contributed by atoms with Gasteiger partial charge in [0.2, 0.25) is 0 Å². The van der Waals surface area contributed by atoms with Gasteiger partial charge in [0.15, 0.2) is 0 Å². The van der Waals surface area contributed by atoms with Crippen LogP contribution in [0.2, 0.25) is 0 Å². The summed E-state index contributed by atoms with van der Waals surface area (Å²) in [6, 6.07) is 0. The van der Waals surface area contributed by atoms with E-state index in [2.05, 4.69) is 0 Å². The number of hydrogen-bond acceptors (Lipinski definition) is 0. The van der Waals surface area contributed by atoms with Gasteiger partial charge in [-0.15, -0.1) is 0 Å². The maximum Gasteiger partial charge on any atom is 4.00 e. The van der Waals surface area contributed by atoms with E-state index in [0.29, 0.717) is 0 Å². The van der Waals surface area contributed by atoms with Gasteiger partial charge in [0, 0.05) is 0 Å². The molecule has 5 heavy (non-hydrogen) atoms. The minimum atomic E-state index is 0. The maximum absolute atomic E-state index is 0. The maximum atomic E-state index is 0. The molecule has 0 saturated heterocycles. The molecule has 5 heteroatoms. The molecule has 0 aliphatic heterocycles. The fourth-order valence-corrected chi connectivity index (χ4v) is 0. The van der Waals surface area contributed by atoms with Crippen LogP contribution in [-0.4, -0.2) is 0 Å². The van der Waals surface area contributed by atoms with Crippen LogP contribution >= 0.6 is 0 Å². The molecule has 0 aliphatic rings. The number of hydrogen-bond donors (Lipinski definition) is 0. The number of rotatable bonds is 0. The van der Waals surface area contributed by atoms with Crippen molar-refractivity contribution in [2.75, 3.05) is 0 Å². The van der Waals surface area contributed by atoms with Crippen LogP contribution in [0.5, 0.6) is 0 Å². The summed E-state index contributed by atoms with van der Waals surface area (Å²) in [7, 11) is 0. The van der Waals surface area contributed by atoms with Gasteiger partial charge >= 0.3 is 47.8 Å². The average Bonchev–Trinajstić information content (AvgIpc) is 0. The Morgan fingerprint density at radius 3 is 0.600 bits per heavy atom. The third-order valence-corrected chi connectivity index (χ3v) is 0. The molecular weight excluding hydrogens is 441 g/mol. The third-order valence-electron chi connectivity index (χ3n) is 0. The average molecular weight is 441 g/mol. The second-order valence-corrected chi connectivity index (χ2v) is 0. The standard InChI is InChI=1S/Hg.Ir.3O/q+2;+4;3*-2. The van der Waals surface area contributed by atoms with Crippen LogP contribution in [-0.2, 0) is 64.2 Å². The Bertz CT molecular complexity index is 6.85. The predicted octanol–water partition coefficient (Wildman–Crippen LogP) is -0.361. The van der Waals surface area contributed by atoms with Crippen LogP contribution in [0.3, 0.4) is 0 Å². The van der Waals surface area contributed by atoms with Crippen LogP contribution in [0.15, 0.2) is 0 Å². The first-order valence-electron chi connectivity index (χ1n) is 0. The molecule has 0 unspecified atom stereocenters. The smallest absolute Gasteiger partial charge is 2.00 e. The zero-order valence-electron chi connectivity index (χ0n) is 2.27. The topological polar surface area (TPSA) is 85.5 Å². The van der Waals surface area contributed by atoms with E-state index in [1.54, 1.807) is 0 Å². The fraction of sp³-hybridized carbons (Fsp3) is 0. The van der Waals surface area contributed by atoms with Crippen LogP contribution in [0.1, 0.15) is 0 Å². The minimum absolute atomic E-state index is 0. The van der Waals surface area contributed by atoms with Crippen molar-refractivity contribution >= 4 is 0 Å². The Morgan fingerprint density at radius 2 is 0.600 bits per heavy atom. The van der Waals surface area contributed by atoms with E-state index in [1.807, 2.05) is 0 Å². The van der Waals surface area contributed by atoms with Crippen molar-refractivity contribution in [3.63, 3.8) is 0 Å². The summed E-state index contributed by atoms with van der Waals surface area (Å²) in [5.74, 6) is 0. The van der Waals surface area contributed by atoms with Gasteiger partial charge in [-0.25, -0.2) is 0 Å². The Labute approximate surface area is 63.9 Å². The first kappa shape index (κ1) is 90.0. The summed E-state index contributed by atoms with van der Waals surface area (Å²) < 4.78 is 0. The summed E-state index contributed by atoms with van der Waals surface area (Å²) >= 11 is 0. The largest absolute Gasteiger partial charge is 4.00 e. The summed E-state index contributed by atoms with van der Waals surface area (Å²) in [5, 5.41) is 0. The molecule has 0 fully saturated rings. The summed E-state index contributed by atoms with van der Waals surface area (Å²) in [6.45, 7) is 0. The van der Waals surface area contributed by atoms with E-state index >= 15 is 0 Å². The SMILES string of the molecule is [Hg+2].[Ir+4].[O-2].[O-2].[O-2]. The molecule has 0 aliphatic carbocycles. The molecule has 0 atom stereocenters. The Balaban J connectivity index is 0. The van der Waals surface area contributed by atoms with Gasteiger partial charge in [0.25, 0.3) is 0 Å². The van der Waals surface area contributed by atoms with Gasteiger partial charge in [0.05, 0.1) is 0 Å². The molecule has 0 saturated carbocycles. The first-order valence-corrected chi connectivity index (χ1v) is 0. The second-order valence-electron chi connectivity index (χ2n) is 0. The fourth-order valence-electron chi connectivity index (χ4n) is 0. The Hall–Kier alpha value is 1.46. The van der Waals surface area contributed by atoms with Crippen molar-refractivity contribution < 1.29 is 64.2 Å². The Morgan fingerprint density at radius 1 is 0.600 bits per heavy atom. The predicted molar refractivity (Wildman–Crippen MR) is 2.06 cm³/mol. The third kappa shape index (κ3) is 30.6. The monoisotopic (exact) mass is 443 g/mol. The van der Waals surface area contributed by atoms with Gasteiger partial charge in [-0.3, -0.25) is 0 Å². The molecule has 0 amide bonds. The van der Waals surface area contributed by atoms with Crippen molar-refractivity contribution in [1.29, 1.82) is 0 Å². The molecule has 1 radical (unpaired) electrons. The van der Waals surface area contributed by atoms with Gasteiger partial charge in [0.1, 0.15) is 0 Å². The van der Waals surface area contributed by atoms with Gasteiger partial charge in [-0.2, -0.15) is 0 Å². The van der Waals surface area contributed by atoms with Crippen molar-refractivity contribution in [2.45, 2.75) is 0 Å². The van der Waals surface area contributed by atoms with Crippen molar-refractivity contribution in [1.82, 2.24) is 0 Å². The molecule has 0 bridgehead atoms. The first-order chi connectivity index (χ1) is 0. The molecule has 0 aromatic rings. The van der Waals surface area contributed by atoms with Gasteiger partial charge in [-0.05, 0) is 0 Å². The van der Waals surface area contributed by atoms with E-state index in [1.165, 1.54) is 0 Å². The van der Waals surface area contributed by atoms with E-state index in [9.17, 15) is 0 Å². The summed E-state index contributed by atoms with van der Waals surface area (Å²) in [5.41, 5.74) is 0. The van der Waals surface area contributed by atoms with Crippen molar-refractivity contribution in [3.05, 3.63) is 0 Å². The molecule has 0 aromatic heterocycles. The van der Waals surface area contributed by atoms with Crippen LogP contribution in [0, 0.1) is 0 Å². The van der Waals surface area contributed by atoms with Gasteiger partial charge < -0.3 is 16.4 Å². The van der Waals surface area contributed by atoms with Crippen LogP contribution in [0.25, 0.3) is 0 Å². The van der Waals surface area contributed by atoms with Crippen LogP contribution in [0.4, 0.5) is 0 Å². The molecule has 0 rings (SSSR count). The Kier molecular flexibility index (Phi) is 914. The summed E-state index contributed by atoms with van der Waals surface area (Å²) in [4.78, 5) is 0. The minimum Gasteiger partial charge on any atom is -2.00 e. The van der Waals surface area contributed by atoms with E-state index in [-0.39, 0.29) is 64.2 Å². The van der Waals surface area contributed by atoms with Crippen LogP contribution < -0.4 is 0 Å². The quantitative estimate of drug-likeness (QED) is 0.461. The molecule has 0 heterocycles. The van der Waals surface area contributed by atoms with E-state index in [4.69, 9.17) is 0 Å². The molecule has 29 valence electrons. The molecule has 0 N–H and O–H groups in total. The molecule has 0 aromatic carbocycles. The molecule has 0 spiro atoms. The van der Waals surface area contributed by atoms with E-state index < -0.39 is 0 Å². The zero-order chi connectivity index (χ0) is 0. The zero-order valence-corrected chi connectivity index (χ0v) is 10.2. The van der Waals surface area contributed by atoms with E-state index in [0.717, 1.165) is 0 Å². The summed E-state index contributed by atoms with van der Waals surface area (Å²) in [6.07, 6.45) is 0. The van der Waals surface area contributed by atoms with Crippen molar-refractivity contribution in [3.8, 4) is 0 Å². The second kappa shape index (κ2) is 50.8. The molecule has 3 nitrogen and oxygen atoms in total. The van der Waals surface area contributed by atoms with Crippen molar-refractivity contribution in [2.24, 2.45) is 0 Å². The normalized spacial score (nSPS) is 0. The van der Waals surface area contributed by atoms with Gasteiger partial charge in [-0.1, -0.05) is 0 Å².